The summed E-state index contributed by atoms with van der Waals surface area (Å²) in [5.74, 6) is 0.168. The summed E-state index contributed by atoms with van der Waals surface area (Å²) < 4.78 is 45.5. The van der Waals surface area contributed by atoms with Crippen molar-refractivity contribution in [3.8, 4) is 5.75 Å². The number of nitrogens with zero attached hydrogens (tertiary/aromatic N) is 2. The van der Waals surface area contributed by atoms with Crippen molar-refractivity contribution in [1.82, 2.24) is 9.21 Å². The number of benzene rings is 3. The van der Waals surface area contributed by atoms with Gasteiger partial charge in [0.15, 0.2) is 5.78 Å². The van der Waals surface area contributed by atoms with Gasteiger partial charge in [0, 0.05) is 49.4 Å². The number of sulfonamides is 1. The first kappa shape index (κ1) is 25.3. The third kappa shape index (κ3) is 5.23. The minimum absolute atomic E-state index is 0.132. The highest BCUT2D eigenvalue weighted by molar-refractivity contribution is 7.88. The Balaban J connectivity index is 1.39. The molecule has 0 N–H and O–H groups in total. The van der Waals surface area contributed by atoms with Crippen molar-refractivity contribution in [1.29, 1.82) is 0 Å². The molecule has 6 nitrogen and oxygen atoms in total. The lowest BCUT2D eigenvalue weighted by Gasteiger charge is -2.33. The Bertz CT molecular complexity index is 1480. The zero-order valence-electron chi connectivity index (χ0n) is 20.9. The van der Waals surface area contributed by atoms with Crippen LogP contribution in [0.15, 0.2) is 66.7 Å². The highest BCUT2D eigenvalue weighted by atomic mass is 32.2. The van der Waals surface area contributed by atoms with Crippen molar-refractivity contribution in [2.75, 3.05) is 45.6 Å². The Morgan fingerprint density at radius 3 is 2.27 bits per heavy atom. The van der Waals surface area contributed by atoms with Crippen LogP contribution in [0.25, 0.3) is 11.1 Å². The van der Waals surface area contributed by atoms with Gasteiger partial charge in [-0.25, -0.2) is 12.8 Å². The third-order valence-corrected chi connectivity index (χ3v) is 8.28. The van der Waals surface area contributed by atoms with Crippen molar-refractivity contribution in [3.05, 3.63) is 100 Å². The van der Waals surface area contributed by atoms with Crippen molar-refractivity contribution >= 4 is 27.0 Å². The molecule has 2 aliphatic rings. The highest BCUT2D eigenvalue weighted by Crippen LogP contribution is 2.43. The Labute approximate surface area is 217 Å². The lowest BCUT2D eigenvalue weighted by molar-refractivity contribution is 0.105. The maximum absolute atomic E-state index is 14.5. The Morgan fingerprint density at radius 1 is 0.865 bits per heavy atom. The molecule has 0 atom stereocenters. The van der Waals surface area contributed by atoms with Gasteiger partial charge in [-0.2, -0.15) is 4.31 Å². The van der Waals surface area contributed by atoms with Gasteiger partial charge >= 0.3 is 0 Å². The van der Waals surface area contributed by atoms with E-state index in [0.29, 0.717) is 67.3 Å². The predicted octanol–water partition coefficient (Wildman–Crippen LogP) is 4.25. The normalized spacial score (nSPS) is 16.8. The van der Waals surface area contributed by atoms with Crippen LogP contribution in [-0.4, -0.2) is 69.0 Å². The van der Waals surface area contributed by atoms with Gasteiger partial charge in [0.05, 0.1) is 6.26 Å². The van der Waals surface area contributed by atoms with Gasteiger partial charge in [0.1, 0.15) is 18.2 Å². The Morgan fingerprint density at radius 2 is 1.59 bits per heavy atom. The molecule has 8 heteroatoms. The number of carbonyl (C=O) groups excluding carboxylic acids is 1. The van der Waals surface area contributed by atoms with E-state index in [1.807, 2.05) is 36.4 Å². The molecular formula is C29H29FN2O4S. The SMILES string of the molecule is Cc1ccc(C2=C(c3ccccc3)c3cc(OCCN4CCN(S(C)(=O)=O)CC4)ccc3C2=O)cc1F. The summed E-state index contributed by atoms with van der Waals surface area (Å²) in [6.45, 7) is 5.08. The molecule has 1 aliphatic heterocycles. The van der Waals surface area contributed by atoms with E-state index < -0.39 is 10.0 Å². The Hall–Kier alpha value is -3.33. The molecule has 0 bridgehead atoms. The number of aryl methyl sites for hydroxylation is 1. The minimum atomic E-state index is -3.16. The van der Waals surface area contributed by atoms with Crippen LogP contribution >= 0.6 is 0 Å². The lowest BCUT2D eigenvalue weighted by atomic mass is 9.94. The number of halogens is 1. The van der Waals surface area contributed by atoms with E-state index in [2.05, 4.69) is 4.90 Å². The summed E-state index contributed by atoms with van der Waals surface area (Å²) in [4.78, 5) is 15.7. The lowest BCUT2D eigenvalue weighted by Crippen LogP contribution is -2.49. The summed E-state index contributed by atoms with van der Waals surface area (Å²) in [6.07, 6.45) is 1.24. The van der Waals surface area contributed by atoms with Gasteiger partial charge in [0.2, 0.25) is 10.0 Å². The van der Waals surface area contributed by atoms with Crippen LogP contribution < -0.4 is 4.74 Å². The molecule has 0 spiro atoms. The van der Waals surface area contributed by atoms with E-state index in [9.17, 15) is 17.6 Å². The summed E-state index contributed by atoms with van der Waals surface area (Å²) in [6, 6.07) is 20.0. The standard InChI is InChI=1S/C29H29FN2O4S/c1-20-8-9-22(18-26(20)30)28-27(21-6-4-3-5-7-21)25-19-23(10-11-24(25)29(28)33)36-17-16-31-12-14-32(15-13-31)37(2,34)35/h3-11,18-19H,12-17H2,1-2H3. The van der Waals surface area contributed by atoms with Crippen molar-refractivity contribution in [3.63, 3.8) is 0 Å². The second-order valence-electron chi connectivity index (χ2n) is 9.47. The molecule has 3 aromatic rings. The summed E-state index contributed by atoms with van der Waals surface area (Å²) in [7, 11) is -3.16. The molecule has 192 valence electrons. The number of ketones is 1. The molecule has 0 aromatic heterocycles. The fourth-order valence-corrected chi connectivity index (χ4v) is 5.73. The zero-order chi connectivity index (χ0) is 26.2. The number of rotatable bonds is 7. The van der Waals surface area contributed by atoms with Gasteiger partial charge in [-0.05, 0) is 53.4 Å². The average molecular weight is 521 g/mol. The molecule has 37 heavy (non-hydrogen) atoms. The fourth-order valence-electron chi connectivity index (χ4n) is 4.91. The van der Waals surface area contributed by atoms with Crippen LogP contribution in [0.1, 0.15) is 32.6 Å². The van der Waals surface area contributed by atoms with Crippen LogP contribution in [0.5, 0.6) is 5.75 Å². The number of fused-ring (bicyclic) bond motifs is 1. The maximum atomic E-state index is 14.5. The summed E-state index contributed by atoms with van der Waals surface area (Å²) in [5, 5.41) is 0. The smallest absolute Gasteiger partial charge is 0.211 e. The topological polar surface area (TPSA) is 66.9 Å². The molecule has 1 saturated heterocycles. The Kier molecular flexibility index (Phi) is 6.98. The van der Waals surface area contributed by atoms with Crippen LogP contribution in [0.3, 0.4) is 0 Å². The monoisotopic (exact) mass is 520 g/mol. The quantitative estimate of drug-likeness (QED) is 0.466. The number of hydrogen-bond donors (Lipinski definition) is 0. The molecule has 5 rings (SSSR count). The van der Waals surface area contributed by atoms with Gasteiger partial charge in [0.25, 0.3) is 0 Å². The van der Waals surface area contributed by atoms with Gasteiger partial charge in [-0.15, -0.1) is 0 Å². The number of piperazine rings is 1. The highest BCUT2D eigenvalue weighted by Gasteiger charge is 2.32. The predicted molar refractivity (Wildman–Crippen MR) is 143 cm³/mol. The van der Waals surface area contributed by atoms with E-state index in [-0.39, 0.29) is 11.6 Å². The van der Waals surface area contributed by atoms with Crippen molar-refractivity contribution in [2.24, 2.45) is 0 Å². The molecule has 0 saturated carbocycles. The number of allylic oxidation sites excluding steroid dienone is 1. The average Bonchev–Trinajstić information content (AvgIpc) is 3.17. The third-order valence-electron chi connectivity index (χ3n) is 6.98. The molecule has 1 fully saturated rings. The first-order valence-corrected chi connectivity index (χ1v) is 14.1. The molecule has 0 unspecified atom stereocenters. The second kappa shape index (κ2) is 10.2. The second-order valence-corrected chi connectivity index (χ2v) is 11.5. The molecule has 3 aromatic carbocycles. The van der Waals surface area contributed by atoms with Crippen LogP contribution in [0.4, 0.5) is 4.39 Å². The van der Waals surface area contributed by atoms with E-state index in [1.165, 1.54) is 16.6 Å². The van der Waals surface area contributed by atoms with Gasteiger partial charge < -0.3 is 4.74 Å². The largest absolute Gasteiger partial charge is 0.492 e. The number of Topliss-reactive ketones (excluding diaryl/α,β-unsaturated/α-hetero) is 1. The van der Waals surface area contributed by atoms with E-state index in [1.54, 1.807) is 31.2 Å². The van der Waals surface area contributed by atoms with Gasteiger partial charge in [-0.3, -0.25) is 9.69 Å². The minimum Gasteiger partial charge on any atom is -0.492 e. The zero-order valence-corrected chi connectivity index (χ0v) is 21.7. The molecule has 1 heterocycles. The molecular weight excluding hydrogens is 491 g/mol. The first-order valence-electron chi connectivity index (χ1n) is 12.3. The van der Waals surface area contributed by atoms with Crippen molar-refractivity contribution < 1.29 is 22.3 Å². The van der Waals surface area contributed by atoms with E-state index in [0.717, 1.165) is 16.7 Å². The number of hydrogen-bond acceptors (Lipinski definition) is 5. The maximum Gasteiger partial charge on any atom is 0.211 e. The van der Waals surface area contributed by atoms with Gasteiger partial charge in [-0.1, -0.05) is 42.5 Å². The first-order chi connectivity index (χ1) is 17.7. The summed E-state index contributed by atoms with van der Waals surface area (Å²) in [5.41, 5.74) is 4.56. The molecule has 0 radical (unpaired) electrons. The van der Waals surface area contributed by atoms with E-state index in [4.69, 9.17) is 4.74 Å². The van der Waals surface area contributed by atoms with Crippen LogP contribution in [0.2, 0.25) is 0 Å². The molecule has 0 amide bonds. The van der Waals surface area contributed by atoms with E-state index >= 15 is 0 Å². The fraction of sp³-hybridized carbons (Fsp3) is 0.276. The van der Waals surface area contributed by atoms with Crippen LogP contribution in [-0.2, 0) is 10.0 Å². The number of carbonyl (C=O) groups is 1. The summed E-state index contributed by atoms with van der Waals surface area (Å²) >= 11 is 0. The number of ether oxygens (including phenoxy) is 1. The van der Waals surface area contributed by atoms with Crippen molar-refractivity contribution in [2.45, 2.75) is 6.92 Å². The van der Waals surface area contributed by atoms with Crippen LogP contribution in [0, 0.1) is 12.7 Å². The molecule has 1 aliphatic carbocycles.